The lowest BCUT2D eigenvalue weighted by molar-refractivity contribution is -0.135. The van der Waals surface area contributed by atoms with Crippen molar-refractivity contribution >= 4 is 11.9 Å². The Hall–Kier alpha value is -1.32. The molecule has 0 atom stereocenters. The van der Waals surface area contributed by atoms with Crippen molar-refractivity contribution < 1.29 is 14.3 Å². The standard InChI is InChI=1S/C12H21NO3/c1-3-4-5-6-7-10-13-11(14)8-9-12(15)16-2/h8-9H,3-7,10H2,1-2H3,(H,13,14). The minimum Gasteiger partial charge on any atom is -0.466 e. The van der Waals surface area contributed by atoms with Crippen LogP contribution < -0.4 is 5.32 Å². The van der Waals surface area contributed by atoms with E-state index in [2.05, 4.69) is 17.0 Å². The highest BCUT2D eigenvalue weighted by Gasteiger charge is 1.97. The average molecular weight is 227 g/mol. The van der Waals surface area contributed by atoms with Gasteiger partial charge in [-0.1, -0.05) is 32.6 Å². The Morgan fingerprint density at radius 1 is 1.12 bits per heavy atom. The topological polar surface area (TPSA) is 55.4 Å². The molecule has 0 radical (unpaired) electrons. The molecule has 0 spiro atoms. The SMILES string of the molecule is CCCCCCCNC(=O)C=CC(=O)OC. The van der Waals surface area contributed by atoms with E-state index in [1.54, 1.807) is 0 Å². The lowest BCUT2D eigenvalue weighted by Gasteiger charge is -2.01. The number of carbonyl (C=O) groups is 2. The number of nitrogens with one attached hydrogen (secondary N) is 1. The quantitative estimate of drug-likeness (QED) is 0.391. The first kappa shape index (κ1) is 14.7. The summed E-state index contributed by atoms with van der Waals surface area (Å²) >= 11 is 0. The third-order valence-electron chi connectivity index (χ3n) is 2.15. The molecule has 16 heavy (non-hydrogen) atoms. The van der Waals surface area contributed by atoms with Crippen molar-refractivity contribution in [1.29, 1.82) is 0 Å². The summed E-state index contributed by atoms with van der Waals surface area (Å²) in [5.74, 6) is -0.765. The Morgan fingerprint density at radius 2 is 1.81 bits per heavy atom. The van der Waals surface area contributed by atoms with Crippen molar-refractivity contribution in [3.05, 3.63) is 12.2 Å². The van der Waals surface area contributed by atoms with Gasteiger partial charge in [-0.25, -0.2) is 4.79 Å². The maximum atomic E-state index is 11.1. The number of esters is 1. The van der Waals surface area contributed by atoms with Gasteiger partial charge in [-0.15, -0.1) is 0 Å². The largest absolute Gasteiger partial charge is 0.466 e. The van der Waals surface area contributed by atoms with Gasteiger partial charge in [0.25, 0.3) is 0 Å². The summed E-state index contributed by atoms with van der Waals surface area (Å²) in [7, 11) is 1.28. The summed E-state index contributed by atoms with van der Waals surface area (Å²) in [6.45, 7) is 2.83. The molecule has 0 aromatic heterocycles. The van der Waals surface area contributed by atoms with Crippen molar-refractivity contribution in [2.24, 2.45) is 0 Å². The van der Waals surface area contributed by atoms with Gasteiger partial charge in [0.2, 0.25) is 5.91 Å². The summed E-state index contributed by atoms with van der Waals surface area (Å²) in [5.41, 5.74) is 0. The molecule has 0 aromatic carbocycles. The monoisotopic (exact) mass is 227 g/mol. The predicted octanol–water partition coefficient (Wildman–Crippen LogP) is 1.80. The molecule has 0 bridgehead atoms. The lowest BCUT2D eigenvalue weighted by atomic mass is 10.1. The summed E-state index contributed by atoms with van der Waals surface area (Å²) in [5, 5.41) is 2.71. The van der Waals surface area contributed by atoms with Crippen LogP contribution in [0.25, 0.3) is 0 Å². The zero-order valence-electron chi connectivity index (χ0n) is 10.1. The predicted molar refractivity (Wildman–Crippen MR) is 62.9 cm³/mol. The Balaban J connectivity index is 3.44. The molecule has 0 aliphatic carbocycles. The van der Waals surface area contributed by atoms with Gasteiger partial charge in [0.15, 0.2) is 0 Å². The van der Waals surface area contributed by atoms with Crippen LogP contribution in [0.4, 0.5) is 0 Å². The zero-order chi connectivity index (χ0) is 12.2. The second kappa shape index (κ2) is 10.2. The van der Waals surface area contributed by atoms with Gasteiger partial charge in [-0.2, -0.15) is 0 Å². The molecule has 92 valence electrons. The first-order valence-electron chi connectivity index (χ1n) is 5.74. The highest BCUT2D eigenvalue weighted by atomic mass is 16.5. The number of hydrogen-bond donors (Lipinski definition) is 1. The van der Waals surface area contributed by atoms with Crippen LogP contribution in [-0.2, 0) is 14.3 Å². The van der Waals surface area contributed by atoms with E-state index in [-0.39, 0.29) is 5.91 Å². The van der Waals surface area contributed by atoms with Crippen molar-refractivity contribution in [2.75, 3.05) is 13.7 Å². The Kier molecular flexibility index (Phi) is 9.36. The first-order valence-corrected chi connectivity index (χ1v) is 5.74. The average Bonchev–Trinajstić information content (AvgIpc) is 2.30. The second-order valence-electron chi connectivity index (χ2n) is 3.56. The fraction of sp³-hybridized carbons (Fsp3) is 0.667. The van der Waals surface area contributed by atoms with E-state index in [4.69, 9.17) is 0 Å². The zero-order valence-corrected chi connectivity index (χ0v) is 10.1. The Labute approximate surface area is 97.1 Å². The fourth-order valence-corrected chi connectivity index (χ4v) is 1.21. The minimum atomic E-state index is -0.516. The molecule has 1 N–H and O–H groups in total. The maximum Gasteiger partial charge on any atom is 0.330 e. The molecule has 1 amide bonds. The van der Waals surface area contributed by atoms with E-state index in [9.17, 15) is 9.59 Å². The van der Waals surface area contributed by atoms with Crippen LogP contribution in [0.15, 0.2) is 12.2 Å². The van der Waals surface area contributed by atoms with E-state index >= 15 is 0 Å². The summed E-state index contributed by atoms with van der Waals surface area (Å²) in [4.78, 5) is 21.8. The molecular weight excluding hydrogens is 206 g/mol. The molecule has 0 saturated carbocycles. The molecule has 4 nitrogen and oxygen atoms in total. The van der Waals surface area contributed by atoms with Crippen molar-refractivity contribution in [3.8, 4) is 0 Å². The number of unbranched alkanes of at least 4 members (excludes halogenated alkanes) is 4. The van der Waals surface area contributed by atoms with Crippen molar-refractivity contribution in [1.82, 2.24) is 5.32 Å². The van der Waals surface area contributed by atoms with Crippen LogP contribution in [-0.4, -0.2) is 25.5 Å². The van der Waals surface area contributed by atoms with Gasteiger partial charge < -0.3 is 10.1 Å². The number of hydrogen-bond acceptors (Lipinski definition) is 3. The van der Waals surface area contributed by atoms with Gasteiger partial charge in [0.1, 0.15) is 0 Å². The first-order chi connectivity index (χ1) is 7.70. The highest BCUT2D eigenvalue weighted by molar-refractivity contribution is 5.94. The Morgan fingerprint density at radius 3 is 2.44 bits per heavy atom. The van der Waals surface area contributed by atoms with Gasteiger partial charge in [0, 0.05) is 18.7 Å². The molecule has 0 unspecified atom stereocenters. The number of ether oxygens (including phenoxy) is 1. The lowest BCUT2D eigenvalue weighted by Crippen LogP contribution is -2.22. The molecule has 0 heterocycles. The van der Waals surface area contributed by atoms with Gasteiger partial charge in [0.05, 0.1) is 7.11 Å². The molecule has 0 aromatic rings. The molecule has 4 heteroatoms. The normalized spacial score (nSPS) is 10.4. The Bertz CT molecular complexity index is 236. The smallest absolute Gasteiger partial charge is 0.330 e. The molecular formula is C12H21NO3. The molecule has 0 rings (SSSR count). The maximum absolute atomic E-state index is 11.1. The van der Waals surface area contributed by atoms with Crippen LogP contribution in [0.5, 0.6) is 0 Å². The van der Waals surface area contributed by atoms with E-state index in [0.29, 0.717) is 6.54 Å². The third kappa shape index (κ3) is 9.24. The summed E-state index contributed by atoms with van der Waals surface area (Å²) < 4.78 is 4.36. The van der Waals surface area contributed by atoms with E-state index in [1.165, 1.54) is 32.4 Å². The molecule has 0 aliphatic heterocycles. The van der Waals surface area contributed by atoms with Crippen LogP contribution in [0.3, 0.4) is 0 Å². The fourth-order valence-electron chi connectivity index (χ4n) is 1.21. The van der Waals surface area contributed by atoms with Crippen molar-refractivity contribution in [2.45, 2.75) is 39.0 Å². The molecule has 0 fully saturated rings. The minimum absolute atomic E-state index is 0.249. The number of methoxy groups -OCH3 is 1. The highest BCUT2D eigenvalue weighted by Crippen LogP contribution is 2.00. The number of carbonyl (C=O) groups excluding carboxylic acids is 2. The van der Waals surface area contributed by atoms with Crippen LogP contribution in [0.1, 0.15) is 39.0 Å². The molecule has 0 saturated heterocycles. The van der Waals surface area contributed by atoms with Gasteiger partial charge in [-0.05, 0) is 6.42 Å². The second-order valence-corrected chi connectivity index (χ2v) is 3.56. The van der Waals surface area contributed by atoms with E-state index in [0.717, 1.165) is 18.9 Å². The van der Waals surface area contributed by atoms with E-state index < -0.39 is 5.97 Å². The summed E-state index contributed by atoms with van der Waals surface area (Å²) in [6.07, 6.45) is 8.10. The van der Waals surface area contributed by atoms with Crippen LogP contribution in [0, 0.1) is 0 Å². The summed E-state index contributed by atoms with van der Waals surface area (Å²) in [6, 6.07) is 0. The number of rotatable bonds is 8. The van der Waals surface area contributed by atoms with Crippen molar-refractivity contribution in [3.63, 3.8) is 0 Å². The van der Waals surface area contributed by atoms with Crippen LogP contribution >= 0.6 is 0 Å². The van der Waals surface area contributed by atoms with Gasteiger partial charge >= 0.3 is 5.97 Å². The third-order valence-corrected chi connectivity index (χ3v) is 2.15. The number of amides is 1. The molecule has 0 aliphatic rings. The van der Waals surface area contributed by atoms with Crippen LogP contribution in [0.2, 0.25) is 0 Å². The van der Waals surface area contributed by atoms with E-state index in [1.807, 2.05) is 0 Å². The van der Waals surface area contributed by atoms with Gasteiger partial charge in [-0.3, -0.25) is 4.79 Å².